The number of hydrogen-bond acceptors (Lipinski definition) is 5. The molecule has 0 spiro atoms. The summed E-state index contributed by atoms with van der Waals surface area (Å²) < 4.78 is 24.4. The van der Waals surface area contributed by atoms with Gasteiger partial charge in [0.15, 0.2) is 11.5 Å². The number of nitrogens with one attached hydrogen (secondary N) is 1. The van der Waals surface area contributed by atoms with Crippen molar-refractivity contribution in [2.75, 3.05) is 13.3 Å². The van der Waals surface area contributed by atoms with Crippen LogP contribution >= 0.6 is 11.3 Å². The first kappa shape index (κ1) is 18.1. The lowest BCUT2D eigenvalue weighted by atomic mass is 10.0. The Bertz CT molecular complexity index is 1160. The SMILES string of the molecule is Fc1cccc(CCNCc2cc3cc4c(cc3nc2-c2ccsc2)OCO4)c1. The van der Waals surface area contributed by atoms with Crippen LogP contribution < -0.4 is 14.8 Å². The maximum atomic E-state index is 13.3. The van der Waals surface area contributed by atoms with E-state index < -0.39 is 0 Å². The van der Waals surface area contributed by atoms with E-state index in [9.17, 15) is 4.39 Å². The lowest BCUT2D eigenvalue weighted by Crippen LogP contribution is -2.17. The van der Waals surface area contributed by atoms with E-state index in [1.165, 1.54) is 6.07 Å². The maximum absolute atomic E-state index is 13.3. The zero-order valence-corrected chi connectivity index (χ0v) is 16.5. The predicted octanol–water partition coefficient (Wildman–Crippen LogP) is 5.16. The van der Waals surface area contributed by atoms with Gasteiger partial charge in [-0.3, -0.25) is 0 Å². The van der Waals surface area contributed by atoms with E-state index in [2.05, 4.69) is 28.2 Å². The molecule has 0 saturated heterocycles. The minimum atomic E-state index is -0.195. The van der Waals surface area contributed by atoms with Crippen molar-refractivity contribution in [1.29, 1.82) is 0 Å². The summed E-state index contributed by atoms with van der Waals surface area (Å²) >= 11 is 1.65. The smallest absolute Gasteiger partial charge is 0.231 e. The van der Waals surface area contributed by atoms with Crippen LogP contribution in [0.25, 0.3) is 22.2 Å². The Labute approximate surface area is 171 Å². The van der Waals surface area contributed by atoms with Crippen LogP contribution in [0.4, 0.5) is 4.39 Å². The van der Waals surface area contributed by atoms with Crippen LogP contribution in [0, 0.1) is 5.82 Å². The van der Waals surface area contributed by atoms with E-state index in [0.29, 0.717) is 6.54 Å². The molecule has 2 aromatic carbocycles. The van der Waals surface area contributed by atoms with Gasteiger partial charge >= 0.3 is 0 Å². The normalized spacial score (nSPS) is 12.6. The monoisotopic (exact) mass is 406 g/mol. The number of benzene rings is 2. The lowest BCUT2D eigenvalue weighted by Gasteiger charge is -2.12. The molecule has 0 aliphatic carbocycles. The highest BCUT2D eigenvalue weighted by atomic mass is 32.1. The van der Waals surface area contributed by atoms with Crippen molar-refractivity contribution in [2.24, 2.45) is 0 Å². The summed E-state index contributed by atoms with van der Waals surface area (Å²) in [5.41, 5.74) is 5.07. The third-order valence-corrected chi connectivity index (χ3v) is 5.66. The van der Waals surface area contributed by atoms with Gasteiger partial charge in [0.1, 0.15) is 5.82 Å². The first-order valence-electron chi connectivity index (χ1n) is 9.47. The summed E-state index contributed by atoms with van der Waals surface area (Å²) in [6.45, 7) is 1.68. The number of ether oxygens (including phenoxy) is 2. The van der Waals surface area contributed by atoms with Crippen molar-refractivity contribution in [3.63, 3.8) is 0 Å². The minimum Gasteiger partial charge on any atom is -0.454 e. The van der Waals surface area contributed by atoms with Gasteiger partial charge in [-0.15, -0.1) is 0 Å². The second-order valence-corrected chi connectivity index (χ2v) is 7.74. The van der Waals surface area contributed by atoms with Crippen molar-refractivity contribution in [3.8, 4) is 22.8 Å². The van der Waals surface area contributed by atoms with Gasteiger partial charge in [0.25, 0.3) is 0 Å². The Balaban J connectivity index is 1.40. The third kappa shape index (κ3) is 3.81. The average molecular weight is 406 g/mol. The fraction of sp³-hybridized carbons (Fsp3) is 0.174. The largest absolute Gasteiger partial charge is 0.454 e. The number of rotatable bonds is 6. The van der Waals surface area contributed by atoms with Gasteiger partial charge in [-0.05, 0) is 59.8 Å². The number of halogens is 1. The number of hydrogen-bond donors (Lipinski definition) is 1. The molecule has 146 valence electrons. The first-order chi connectivity index (χ1) is 14.3. The molecule has 0 bridgehead atoms. The molecule has 2 aromatic heterocycles. The Morgan fingerprint density at radius 2 is 1.97 bits per heavy atom. The van der Waals surface area contributed by atoms with Crippen LogP contribution in [0.5, 0.6) is 11.5 Å². The van der Waals surface area contributed by atoms with Crippen molar-refractivity contribution in [2.45, 2.75) is 13.0 Å². The molecule has 0 radical (unpaired) electrons. The van der Waals surface area contributed by atoms with Gasteiger partial charge in [0, 0.05) is 28.9 Å². The first-order valence-corrected chi connectivity index (χ1v) is 10.4. The molecule has 29 heavy (non-hydrogen) atoms. The van der Waals surface area contributed by atoms with Gasteiger partial charge < -0.3 is 14.8 Å². The number of nitrogens with zero attached hydrogens (tertiary/aromatic N) is 1. The molecule has 3 heterocycles. The van der Waals surface area contributed by atoms with Crippen molar-refractivity contribution in [3.05, 3.63) is 76.2 Å². The minimum absolute atomic E-state index is 0.195. The second-order valence-electron chi connectivity index (χ2n) is 6.96. The molecule has 4 aromatic rings. The Morgan fingerprint density at radius 1 is 1.07 bits per heavy atom. The number of pyridine rings is 1. The molecule has 0 unspecified atom stereocenters. The summed E-state index contributed by atoms with van der Waals surface area (Å²) in [5.74, 6) is 1.30. The highest BCUT2D eigenvalue weighted by molar-refractivity contribution is 7.08. The van der Waals surface area contributed by atoms with E-state index in [-0.39, 0.29) is 12.6 Å². The molecule has 1 aliphatic rings. The number of aromatic nitrogens is 1. The molecule has 0 atom stereocenters. The second kappa shape index (κ2) is 7.81. The molecular formula is C23H19FN2O2S. The van der Waals surface area contributed by atoms with Gasteiger partial charge in [-0.1, -0.05) is 12.1 Å². The summed E-state index contributed by atoms with van der Waals surface area (Å²) in [4.78, 5) is 4.93. The van der Waals surface area contributed by atoms with Crippen LogP contribution in [-0.2, 0) is 13.0 Å². The van der Waals surface area contributed by atoms with E-state index in [1.807, 2.05) is 18.2 Å². The zero-order valence-electron chi connectivity index (χ0n) is 15.7. The number of fused-ring (bicyclic) bond motifs is 2. The van der Waals surface area contributed by atoms with E-state index in [0.717, 1.165) is 57.8 Å². The molecule has 6 heteroatoms. The lowest BCUT2D eigenvalue weighted by molar-refractivity contribution is 0.174. The average Bonchev–Trinajstić information content (AvgIpc) is 3.40. The van der Waals surface area contributed by atoms with Gasteiger partial charge in [0.2, 0.25) is 6.79 Å². The molecule has 1 aliphatic heterocycles. The fourth-order valence-electron chi connectivity index (χ4n) is 3.54. The summed E-state index contributed by atoms with van der Waals surface area (Å²) in [7, 11) is 0. The van der Waals surface area contributed by atoms with E-state index in [1.54, 1.807) is 23.5 Å². The molecule has 5 rings (SSSR count). The van der Waals surface area contributed by atoms with E-state index in [4.69, 9.17) is 14.5 Å². The quantitative estimate of drug-likeness (QED) is 0.449. The molecular weight excluding hydrogens is 387 g/mol. The topological polar surface area (TPSA) is 43.4 Å². The van der Waals surface area contributed by atoms with Crippen molar-refractivity contribution < 1.29 is 13.9 Å². The van der Waals surface area contributed by atoms with Crippen LogP contribution in [0.2, 0.25) is 0 Å². The Morgan fingerprint density at radius 3 is 2.79 bits per heavy atom. The maximum Gasteiger partial charge on any atom is 0.231 e. The third-order valence-electron chi connectivity index (χ3n) is 4.98. The molecule has 1 N–H and O–H groups in total. The van der Waals surface area contributed by atoms with Crippen LogP contribution in [0.1, 0.15) is 11.1 Å². The zero-order chi connectivity index (χ0) is 19.6. The summed E-state index contributed by atoms with van der Waals surface area (Å²) in [6, 6.07) is 14.9. The standard InChI is InChI=1S/C23H19FN2O2S/c24-19-3-1-2-15(8-19)4-6-25-12-18-9-17-10-21-22(28-14-27-21)11-20(17)26-23(18)16-5-7-29-13-16/h1-3,5,7-11,13,25H,4,6,12,14H2. The molecule has 4 nitrogen and oxygen atoms in total. The Kier molecular flexibility index (Phi) is 4.87. The summed E-state index contributed by atoms with van der Waals surface area (Å²) in [5, 5.41) is 8.66. The highest BCUT2D eigenvalue weighted by Gasteiger charge is 2.17. The molecule has 0 saturated carbocycles. The number of thiophene rings is 1. The van der Waals surface area contributed by atoms with Gasteiger partial charge in [-0.2, -0.15) is 11.3 Å². The van der Waals surface area contributed by atoms with E-state index >= 15 is 0 Å². The predicted molar refractivity (Wildman–Crippen MR) is 113 cm³/mol. The van der Waals surface area contributed by atoms with Crippen LogP contribution in [0.3, 0.4) is 0 Å². The highest BCUT2D eigenvalue weighted by Crippen LogP contribution is 2.37. The van der Waals surface area contributed by atoms with Crippen molar-refractivity contribution >= 4 is 22.2 Å². The molecule has 0 fully saturated rings. The van der Waals surface area contributed by atoms with Crippen LogP contribution in [-0.4, -0.2) is 18.3 Å². The van der Waals surface area contributed by atoms with Gasteiger partial charge in [0.05, 0.1) is 11.2 Å². The fourth-order valence-corrected chi connectivity index (χ4v) is 4.18. The van der Waals surface area contributed by atoms with Crippen molar-refractivity contribution in [1.82, 2.24) is 10.3 Å². The molecule has 0 amide bonds. The summed E-state index contributed by atoms with van der Waals surface area (Å²) in [6.07, 6.45) is 0.769. The van der Waals surface area contributed by atoms with Crippen LogP contribution in [0.15, 0.2) is 59.3 Å². The Hall–Kier alpha value is -2.96. The van der Waals surface area contributed by atoms with Gasteiger partial charge in [-0.25, -0.2) is 9.37 Å².